The summed E-state index contributed by atoms with van der Waals surface area (Å²) >= 11 is 1.81. The zero-order valence-electron chi connectivity index (χ0n) is 16.8. The molecule has 4 nitrogen and oxygen atoms in total. The van der Waals surface area contributed by atoms with Gasteiger partial charge in [0.2, 0.25) is 0 Å². The first-order valence-corrected chi connectivity index (χ1v) is 11.5. The van der Waals surface area contributed by atoms with Crippen molar-refractivity contribution >= 4 is 22.8 Å². The van der Waals surface area contributed by atoms with E-state index in [1.54, 1.807) is 0 Å². The number of thioether (sulfide) groups is 1. The Morgan fingerprint density at radius 1 is 0.821 bits per heavy atom. The van der Waals surface area contributed by atoms with Crippen molar-refractivity contribution in [1.82, 2.24) is 15.0 Å². The Balaban J connectivity index is 1.41. The molecule has 0 aliphatic heterocycles. The predicted octanol–water partition coefficient (Wildman–Crippen LogP) is 6.75. The number of hydrogen-bond donors (Lipinski definition) is 1. The van der Waals surface area contributed by atoms with Gasteiger partial charge in [-0.15, -0.1) is 26.8 Å². The Morgan fingerprint density at radius 3 is 2.04 bits per heavy atom. The van der Waals surface area contributed by atoms with Crippen LogP contribution in [0.2, 0.25) is 0 Å². The number of nitrogens with zero attached hydrogens (tertiary/aromatic N) is 3. The number of hydrogen-bond acceptors (Lipinski definition) is 4. The molecule has 0 atom stereocenters. The van der Waals surface area contributed by atoms with Crippen molar-refractivity contribution in [2.45, 2.75) is 69.6 Å². The van der Waals surface area contributed by atoms with Gasteiger partial charge >= 0.3 is 0 Å². The first kappa shape index (κ1) is 20.7. The Bertz CT molecular complexity index is 829. The SMILES string of the molecule is CCCCCCCCCCCSc1ccc(-n2nc3ccccc3n2)c(O)c1. The molecule has 2 aromatic carbocycles. The molecule has 0 aliphatic carbocycles. The predicted molar refractivity (Wildman–Crippen MR) is 118 cm³/mol. The van der Waals surface area contributed by atoms with Gasteiger partial charge in [0.1, 0.15) is 22.5 Å². The van der Waals surface area contributed by atoms with Crippen LogP contribution < -0.4 is 0 Å². The monoisotopic (exact) mass is 397 g/mol. The summed E-state index contributed by atoms with van der Waals surface area (Å²) < 4.78 is 0. The summed E-state index contributed by atoms with van der Waals surface area (Å²) in [5, 5.41) is 19.3. The van der Waals surface area contributed by atoms with Gasteiger partial charge in [0.05, 0.1) is 0 Å². The molecular weight excluding hydrogens is 366 g/mol. The van der Waals surface area contributed by atoms with Crippen LogP contribution in [-0.2, 0) is 0 Å². The third-order valence-corrected chi connectivity index (χ3v) is 6.05. The smallest absolute Gasteiger partial charge is 0.144 e. The van der Waals surface area contributed by atoms with Crippen molar-refractivity contribution in [1.29, 1.82) is 0 Å². The zero-order valence-corrected chi connectivity index (χ0v) is 17.6. The minimum absolute atomic E-state index is 0.220. The molecule has 1 N–H and O–H groups in total. The van der Waals surface area contributed by atoms with Crippen LogP contribution in [0.25, 0.3) is 16.7 Å². The van der Waals surface area contributed by atoms with Crippen LogP contribution in [0.15, 0.2) is 47.4 Å². The van der Waals surface area contributed by atoms with Crippen molar-refractivity contribution < 1.29 is 5.11 Å². The Kier molecular flexibility index (Phi) is 8.22. The maximum Gasteiger partial charge on any atom is 0.144 e. The lowest BCUT2D eigenvalue weighted by atomic mass is 10.1. The fourth-order valence-corrected chi connectivity index (χ4v) is 4.28. The molecule has 0 radical (unpaired) electrons. The summed E-state index contributed by atoms with van der Waals surface area (Å²) in [6, 6.07) is 13.5. The Hall–Kier alpha value is -2.01. The van der Waals surface area contributed by atoms with E-state index in [2.05, 4.69) is 17.1 Å². The number of aromatic nitrogens is 3. The molecule has 0 unspecified atom stereocenters. The van der Waals surface area contributed by atoms with Crippen LogP contribution in [0.1, 0.15) is 64.7 Å². The molecule has 1 aromatic heterocycles. The van der Waals surface area contributed by atoms with Gasteiger partial charge in [-0.1, -0.05) is 70.4 Å². The van der Waals surface area contributed by atoms with E-state index in [9.17, 15) is 5.11 Å². The highest BCUT2D eigenvalue weighted by molar-refractivity contribution is 7.99. The third-order valence-electron chi connectivity index (χ3n) is 4.97. The van der Waals surface area contributed by atoms with E-state index in [-0.39, 0.29) is 5.75 Å². The van der Waals surface area contributed by atoms with Crippen LogP contribution in [0.4, 0.5) is 0 Å². The maximum absolute atomic E-state index is 10.4. The number of benzene rings is 2. The van der Waals surface area contributed by atoms with E-state index in [4.69, 9.17) is 0 Å². The number of rotatable bonds is 12. The van der Waals surface area contributed by atoms with E-state index in [1.165, 1.54) is 62.6 Å². The zero-order chi connectivity index (χ0) is 19.6. The molecule has 0 saturated carbocycles. The summed E-state index contributed by atoms with van der Waals surface area (Å²) in [7, 11) is 0. The molecule has 5 heteroatoms. The van der Waals surface area contributed by atoms with E-state index in [1.807, 2.05) is 54.2 Å². The molecule has 0 aliphatic rings. The van der Waals surface area contributed by atoms with Gasteiger partial charge in [0.15, 0.2) is 0 Å². The largest absolute Gasteiger partial charge is 0.506 e. The van der Waals surface area contributed by atoms with Crippen LogP contribution in [0.3, 0.4) is 0 Å². The average molecular weight is 398 g/mol. The molecule has 0 bridgehead atoms. The first-order chi connectivity index (χ1) is 13.8. The van der Waals surface area contributed by atoms with Gasteiger partial charge in [0.25, 0.3) is 0 Å². The maximum atomic E-state index is 10.4. The fourth-order valence-electron chi connectivity index (χ4n) is 3.33. The highest BCUT2D eigenvalue weighted by atomic mass is 32.2. The van der Waals surface area contributed by atoms with Gasteiger partial charge in [-0.25, -0.2) is 0 Å². The molecule has 0 fully saturated rings. The molecule has 28 heavy (non-hydrogen) atoms. The quantitative estimate of drug-likeness (QED) is 0.271. The van der Waals surface area contributed by atoms with Crippen molar-refractivity contribution in [3.05, 3.63) is 42.5 Å². The average Bonchev–Trinajstić information content (AvgIpc) is 3.13. The Labute approximate surface area is 172 Å². The number of unbranched alkanes of at least 4 members (excludes halogenated alkanes) is 8. The summed E-state index contributed by atoms with van der Waals surface area (Å²) in [6.45, 7) is 2.26. The minimum atomic E-state index is 0.220. The number of phenols is 1. The topological polar surface area (TPSA) is 50.9 Å². The minimum Gasteiger partial charge on any atom is -0.506 e. The second-order valence-electron chi connectivity index (χ2n) is 7.31. The van der Waals surface area contributed by atoms with Gasteiger partial charge < -0.3 is 5.11 Å². The van der Waals surface area contributed by atoms with Crippen molar-refractivity contribution in [3.8, 4) is 11.4 Å². The highest BCUT2D eigenvalue weighted by Gasteiger charge is 2.09. The molecule has 0 saturated heterocycles. The fraction of sp³-hybridized carbons (Fsp3) is 0.478. The van der Waals surface area contributed by atoms with E-state index < -0.39 is 0 Å². The normalized spacial score (nSPS) is 11.3. The van der Waals surface area contributed by atoms with Gasteiger partial charge in [-0.2, -0.15) is 0 Å². The molecule has 3 rings (SSSR count). The van der Waals surface area contributed by atoms with E-state index >= 15 is 0 Å². The van der Waals surface area contributed by atoms with Crippen LogP contribution >= 0.6 is 11.8 Å². The lowest BCUT2D eigenvalue weighted by Crippen LogP contribution is -1.98. The van der Waals surface area contributed by atoms with Crippen molar-refractivity contribution in [2.75, 3.05) is 5.75 Å². The van der Waals surface area contributed by atoms with Crippen LogP contribution in [0.5, 0.6) is 5.75 Å². The highest BCUT2D eigenvalue weighted by Crippen LogP contribution is 2.29. The number of fused-ring (bicyclic) bond motifs is 1. The summed E-state index contributed by atoms with van der Waals surface area (Å²) in [4.78, 5) is 2.60. The third kappa shape index (κ3) is 5.99. The van der Waals surface area contributed by atoms with E-state index in [0.717, 1.165) is 21.7 Å². The van der Waals surface area contributed by atoms with Gasteiger partial charge in [-0.05, 0) is 42.5 Å². The first-order valence-electron chi connectivity index (χ1n) is 10.6. The molecule has 0 amide bonds. The lowest BCUT2D eigenvalue weighted by Gasteiger charge is -2.06. The standard InChI is InChI=1S/C23H31N3OS/c1-2-3-4-5-6-7-8-9-12-17-28-19-15-16-22(23(27)18-19)26-24-20-13-10-11-14-21(20)25-26/h10-11,13-16,18,27H,2-9,12,17H2,1H3. The van der Waals surface area contributed by atoms with Crippen molar-refractivity contribution in [2.24, 2.45) is 0 Å². The van der Waals surface area contributed by atoms with Gasteiger partial charge in [0, 0.05) is 4.90 Å². The van der Waals surface area contributed by atoms with Crippen molar-refractivity contribution in [3.63, 3.8) is 0 Å². The second-order valence-corrected chi connectivity index (χ2v) is 8.47. The summed E-state index contributed by atoms with van der Waals surface area (Å²) in [5.41, 5.74) is 2.26. The Morgan fingerprint density at radius 2 is 1.43 bits per heavy atom. The van der Waals surface area contributed by atoms with Crippen LogP contribution in [0, 0.1) is 0 Å². The second kappa shape index (κ2) is 11.1. The van der Waals surface area contributed by atoms with E-state index in [0.29, 0.717) is 5.69 Å². The lowest BCUT2D eigenvalue weighted by molar-refractivity contribution is 0.466. The van der Waals surface area contributed by atoms with Gasteiger partial charge in [-0.3, -0.25) is 0 Å². The summed E-state index contributed by atoms with van der Waals surface area (Å²) in [5.74, 6) is 1.32. The van der Waals surface area contributed by atoms with Crippen LogP contribution in [-0.4, -0.2) is 25.9 Å². The molecule has 1 heterocycles. The molecule has 150 valence electrons. The number of aromatic hydroxyl groups is 1. The summed E-state index contributed by atoms with van der Waals surface area (Å²) in [6.07, 6.45) is 12.1. The number of phenolic OH excluding ortho intramolecular Hbond substituents is 1. The molecular formula is C23H31N3OS. The molecule has 0 spiro atoms. The molecule has 3 aromatic rings.